The van der Waals surface area contributed by atoms with Crippen LogP contribution >= 0.6 is 22.9 Å². The van der Waals surface area contributed by atoms with Crippen molar-refractivity contribution in [3.8, 4) is 5.75 Å². The van der Waals surface area contributed by atoms with E-state index < -0.39 is 11.7 Å². The van der Waals surface area contributed by atoms with Crippen molar-refractivity contribution in [3.05, 3.63) is 45.1 Å². The fourth-order valence-corrected chi connectivity index (χ4v) is 2.94. The summed E-state index contributed by atoms with van der Waals surface area (Å²) in [4.78, 5) is 0.865. The van der Waals surface area contributed by atoms with Gasteiger partial charge in [0.1, 0.15) is 5.75 Å². The lowest BCUT2D eigenvalue weighted by Crippen LogP contribution is -2.13. The summed E-state index contributed by atoms with van der Waals surface area (Å²) in [6, 6.07) is 7.08. The number of anilines is 1. The Morgan fingerprint density at radius 1 is 1.24 bits per heavy atom. The van der Waals surface area contributed by atoms with Crippen LogP contribution in [-0.4, -0.2) is 7.11 Å². The summed E-state index contributed by atoms with van der Waals surface area (Å²) in [6.45, 7) is 1.78. The average Bonchev–Trinajstić information content (AvgIpc) is 2.84. The summed E-state index contributed by atoms with van der Waals surface area (Å²) in [5, 5.41) is 2.87. The zero-order valence-corrected chi connectivity index (χ0v) is 12.9. The molecule has 21 heavy (non-hydrogen) atoms. The zero-order chi connectivity index (χ0) is 15.6. The minimum absolute atomic E-state index is 0.0142. The van der Waals surface area contributed by atoms with Gasteiger partial charge in [0.15, 0.2) is 0 Å². The van der Waals surface area contributed by atoms with Gasteiger partial charge in [0, 0.05) is 10.6 Å². The predicted octanol–water partition coefficient (Wildman–Crippen LogP) is 5.60. The van der Waals surface area contributed by atoms with Gasteiger partial charge in [-0.1, -0.05) is 11.6 Å². The molecule has 0 bridgehead atoms. The molecule has 2 rings (SSSR count). The monoisotopic (exact) mass is 335 g/mol. The lowest BCUT2D eigenvalue weighted by molar-refractivity contribution is -0.137. The fourth-order valence-electron chi connectivity index (χ4n) is 1.88. The highest BCUT2D eigenvalue weighted by Gasteiger charge is 2.34. The van der Waals surface area contributed by atoms with Crippen LogP contribution in [0.2, 0.25) is 4.34 Å². The predicted molar refractivity (Wildman–Crippen MR) is 79.4 cm³/mol. The van der Waals surface area contributed by atoms with Gasteiger partial charge in [0.25, 0.3) is 0 Å². The van der Waals surface area contributed by atoms with Crippen molar-refractivity contribution < 1.29 is 17.9 Å². The molecule has 0 saturated heterocycles. The standard InChI is InChI=1S/C14H13ClF3NOS/c1-8(12-5-6-13(15)21-12)19-11-4-3-9(20-2)7-10(11)14(16,17)18/h3-8,19H,1-2H3. The number of hydrogen-bond acceptors (Lipinski definition) is 3. The van der Waals surface area contributed by atoms with E-state index in [0.717, 1.165) is 10.9 Å². The second-order valence-electron chi connectivity index (χ2n) is 4.42. The van der Waals surface area contributed by atoms with Crippen LogP contribution in [0.5, 0.6) is 5.75 Å². The van der Waals surface area contributed by atoms with Crippen molar-refractivity contribution >= 4 is 28.6 Å². The number of alkyl halides is 3. The van der Waals surface area contributed by atoms with E-state index in [2.05, 4.69) is 5.32 Å². The van der Waals surface area contributed by atoms with Crippen molar-refractivity contribution in [2.24, 2.45) is 0 Å². The third-order valence-electron chi connectivity index (χ3n) is 2.92. The molecule has 0 aliphatic carbocycles. The lowest BCUT2D eigenvalue weighted by atomic mass is 10.1. The van der Waals surface area contributed by atoms with Gasteiger partial charge in [-0.2, -0.15) is 13.2 Å². The Bertz CT molecular complexity index is 627. The third-order valence-corrected chi connectivity index (χ3v) is 4.34. The highest BCUT2D eigenvalue weighted by molar-refractivity contribution is 7.16. The molecule has 0 spiro atoms. The van der Waals surface area contributed by atoms with Crippen molar-refractivity contribution in [2.75, 3.05) is 12.4 Å². The molecule has 1 aromatic carbocycles. The molecule has 1 heterocycles. The van der Waals surface area contributed by atoms with Crippen LogP contribution in [0.15, 0.2) is 30.3 Å². The molecule has 0 aliphatic rings. The minimum Gasteiger partial charge on any atom is -0.497 e. The Balaban J connectivity index is 2.31. The van der Waals surface area contributed by atoms with E-state index in [4.69, 9.17) is 16.3 Å². The molecule has 0 saturated carbocycles. The van der Waals surface area contributed by atoms with Crippen LogP contribution in [0.3, 0.4) is 0 Å². The number of rotatable bonds is 4. The number of nitrogens with one attached hydrogen (secondary N) is 1. The van der Waals surface area contributed by atoms with E-state index in [-0.39, 0.29) is 17.5 Å². The van der Waals surface area contributed by atoms with Crippen LogP contribution in [0, 0.1) is 0 Å². The second kappa shape index (κ2) is 6.15. The average molecular weight is 336 g/mol. The molecule has 1 atom stereocenters. The summed E-state index contributed by atoms with van der Waals surface area (Å²) in [5.41, 5.74) is -0.739. The molecule has 7 heteroatoms. The first-order valence-corrected chi connectivity index (χ1v) is 7.27. The Kier molecular flexibility index (Phi) is 4.68. The van der Waals surface area contributed by atoms with E-state index in [0.29, 0.717) is 4.34 Å². The van der Waals surface area contributed by atoms with Gasteiger partial charge < -0.3 is 10.1 Å². The van der Waals surface area contributed by atoms with E-state index in [1.807, 2.05) is 0 Å². The second-order valence-corrected chi connectivity index (χ2v) is 6.16. The molecule has 0 fully saturated rings. The smallest absolute Gasteiger partial charge is 0.418 e. The van der Waals surface area contributed by atoms with Crippen molar-refractivity contribution in [1.82, 2.24) is 0 Å². The van der Waals surface area contributed by atoms with Crippen molar-refractivity contribution in [2.45, 2.75) is 19.1 Å². The Hall–Kier alpha value is -1.40. The van der Waals surface area contributed by atoms with Gasteiger partial charge in [-0.05, 0) is 37.3 Å². The molecule has 0 aliphatic heterocycles. The van der Waals surface area contributed by atoms with Crippen LogP contribution in [0.25, 0.3) is 0 Å². The summed E-state index contributed by atoms with van der Waals surface area (Å²) >= 11 is 7.18. The third kappa shape index (κ3) is 3.83. The molecular weight excluding hydrogens is 323 g/mol. The normalized spacial score (nSPS) is 13.0. The van der Waals surface area contributed by atoms with Gasteiger partial charge in [0.2, 0.25) is 0 Å². The lowest BCUT2D eigenvalue weighted by Gasteiger charge is -2.19. The zero-order valence-electron chi connectivity index (χ0n) is 11.3. The highest BCUT2D eigenvalue weighted by Crippen LogP contribution is 2.39. The number of benzene rings is 1. The highest BCUT2D eigenvalue weighted by atomic mass is 35.5. The van der Waals surface area contributed by atoms with Gasteiger partial charge in [-0.15, -0.1) is 11.3 Å². The number of hydrogen-bond donors (Lipinski definition) is 1. The van der Waals surface area contributed by atoms with Crippen LogP contribution < -0.4 is 10.1 Å². The Morgan fingerprint density at radius 2 is 1.95 bits per heavy atom. The molecule has 0 amide bonds. The van der Waals surface area contributed by atoms with Gasteiger partial charge in [-0.25, -0.2) is 0 Å². The van der Waals surface area contributed by atoms with Crippen LogP contribution in [-0.2, 0) is 6.18 Å². The number of halogens is 4. The van der Waals surface area contributed by atoms with Crippen LogP contribution in [0.1, 0.15) is 23.4 Å². The first-order valence-electron chi connectivity index (χ1n) is 6.08. The fraction of sp³-hybridized carbons (Fsp3) is 0.286. The topological polar surface area (TPSA) is 21.3 Å². The molecule has 2 aromatic rings. The summed E-state index contributed by atoms with van der Waals surface area (Å²) < 4.78 is 44.8. The SMILES string of the molecule is COc1ccc(NC(C)c2ccc(Cl)s2)c(C(F)(F)F)c1. The minimum atomic E-state index is -4.45. The molecule has 1 unspecified atom stereocenters. The summed E-state index contributed by atoms with van der Waals surface area (Å²) in [6.07, 6.45) is -4.45. The molecule has 2 nitrogen and oxygen atoms in total. The number of ether oxygens (including phenoxy) is 1. The van der Waals surface area contributed by atoms with Crippen molar-refractivity contribution in [1.29, 1.82) is 0 Å². The Morgan fingerprint density at radius 3 is 2.48 bits per heavy atom. The van der Waals surface area contributed by atoms with Gasteiger partial charge in [-0.3, -0.25) is 0 Å². The largest absolute Gasteiger partial charge is 0.497 e. The molecule has 1 N–H and O–H groups in total. The molecular formula is C14H13ClF3NOS. The van der Waals surface area contributed by atoms with Gasteiger partial charge in [0.05, 0.1) is 23.1 Å². The Labute approximate surface area is 129 Å². The maximum absolute atomic E-state index is 13.1. The first kappa shape index (κ1) is 16.0. The number of thiophene rings is 1. The number of methoxy groups -OCH3 is 1. The van der Waals surface area contributed by atoms with E-state index in [1.54, 1.807) is 19.1 Å². The van der Waals surface area contributed by atoms with E-state index in [1.165, 1.54) is 30.6 Å². The maximum atomic E-state index is 13.1. The summed E-state index contributed by atoms with van der Waals surface area (Å²) in [7, 11) is 1.33. The quantitative estimate of drug-likeness (QED) is 0.785. The maximum Gasteiger partial charge on any atom is 0.418 e. The van der Waals surface area contributed by atoms with Crippen LogP contribution in [0.4, 0.5) is 18.9 Å². The van der Waals surface area contributed by atoms with E-state index >= 15 is 0 Å². The molecule has 0 radical (unpaired) electrons. The molecule has 114 valence electrons. The van der Waals surface area contributed by atoms with Gasteiger partial charge >= 0.3 is 6.18 Å². The summed E-state index contributed by atoms with van der Waals surface area (Å²) in [5.74, 6) is 0.166. The van der Waals surface area contributed by atoms with Crippen molar-refractivity contribution in [3.63, 3.8) is 0 Å². The van der Waals surface area contributed by atoms with E-state index in [9.17, 15) is 13.2 Å². The first-order chi connectivity index (χ1) is 9.81. The molecule has 1 aromatic heterocycles.